The third-order valence-electron chi connectivity index (χ3n) is 3.75. The molecule has 126 valence electrons. The van der Waals surface area contributed by atoms with Gasteiger partial charge in [0.05, 0.1) is 14.2 Å². The molecule has 0 radical (unpaired) electrons. The second kappa shape index (κ2) is 6.47. The molecule has 0 N–H and O–H groups in total. The lowest BCUT2D eigenvalue weighted by Gasteiger charge is -2.34. The van der Waals surface area contributed by atoms with Crippen LogP contribution >= 0.6 is 0 Å². The fourth-order valence-electron chi connectivity index (χ4n) is 2.77. The Balaban J connectivity index is 2.54. The van der Waals surface area contributed by atoms with Crippen LogP contribution in [-0.4, -0.2) is 43.2 Å². The first-order chi connectivity index (χ1) is 10.8. The number of likely N-dealkylation sites (tertiary alicyclic amines) is 1. The van der Waals surface area contributed by atoms with Gasteiger partial charge >= 0.3 is 12.1 Å². The smallest absolute Gasteiger partial charge is 0.413 e. The number of para-hydroxylation sites is 1. The lowest BCUT2D eigenvalue weighted by atomic mass is 10.0. The van der Waals surface area contributed by atoms with Crippen LogP contribution in [0.25, 0.3) is 0 Å². The molecule has 0 saturated carbocycles. The van der Waals surface area contributed by atoms with Crippen LogP contribution in [0.4, 0.5) is 13.2 Å². The summed E-state index contributed by atoms with van der Waals surface area (Å²) in [5.74, 6) is -1.60. The van der Waals surface area contributed by atoms with Crippen LogP contribution in [0, 0.1) is 0 Å². The van der Waals surface area contributed by atoms with Gasteiger partial charge in [-0.3, -0.25) is 4.79 Å². The van der Waals surface area contributed by atoms with E-state index < -0.39 is 30.1 Å². The number of halogens is 3. The Kier molecular flexibility index (Phi) is 4.82. The van der Waals surface area contributed by atoms with Crippen molar-refractivity contribution in [3.63, 3.8) is 0 Å². The van der Waals surface area contributed by atoms with E-state index in [0.29, 0.717) is 4.90 Å². The molecule has 2 rings (SSSR count). The highest BCUT2D eigenvalue weighted by molar-refractivity contribution is 5.88. The maximum absolute atomic E-state index is 13.7. The first-order valence-electron chi connectivity index (χ1n) is 6.90. The molecular weight excluding hydrogens is 315 g/mol. The standard InChI is InChI=1S/C15H16F3NO4/c1-22-11-6-4-3-5-9(11)13(15(16,17)18)19-10(14(21)23-2)7-8-12(19)20/h3-6,10,13H,7-8H2,1-2H3. The fourth-order valence-corrected chi connectivity index (χ4v) is 2.77. The predicted octanol–water partition coefficient (Wildman–Crippen LogP) is 2.46. The Labute approximate surface area is 131 Å². The van der Waals surface area contributed by atoms with Crippen LogP contribution in [0.1, 0.15) is 24.4 Å². The van der Waals surface area contributed by atoms with Crippen molar-refractivity contribution in [1.29, 1.82) is 0 Å². The van der Waals surface area contributed by atoms with E-state index in [1.807, 2.05) is 0 Å². The molecule has 5 nitrogen and oxygen atoms in total. The molecule has 1 fully saturated rings. The maximum Gasteiger partial charge on any atom is 0.413 e. The second-order valence-electron chi connectivity index (χ2n) is 5.06. The summed E-state index contributed by atoms with van der Waals surface area (Å²) in [4.78, 5) is 24.4. The minimum atomic E-state index is -4.76. The Bertz CT molecular complexity index is 603. The SMILES string of the molecule is COC(=O)C1CCC(=O)N1C(c1ccccc1OC)C(F)(F)F. The summed E-state index contributed by atoms with van der Waals surface area (Å²) in [6.45, 7) is 0. The van der Waals surface area contributed by atoms with Crippen LogP contribution in [-0.2, 0) is 14.3 Å². The fraction of sp³-hybridized carbons (Fsp3) is 0.467. The number of rotatable bonds is 4. The third-order valence-corrected chi connectivity index (χ3v) is 3.75. The third kappa shape index (κ3) is 3.25. The number of ether oxygens (including phenoxy) is 2. The lowest BCUT2D eigenvalue weighted by Crippen LogP contribution is -2.47. The van der Waals surface area contributed by atoms with Crippen molar-refractivity contribution in [2.24, 2.45) is 0 Å². The average molecular weight is 331 g/mol. The van der Waals surface area contributed by atoms with Crippen LogP contribution in [0.3, 0.4) is 0 Å². The monoisotopic (exact) mass is 331 g/mol. The Morgan fingerprint density at radius 2 is 1.96 bits per heavy atom. The Morgan fingerprint density at radius 1 is 1.30 bits per heavy atom. The van der Waals surface area contributed by atoms with Crippen molar-refractivity contribution in [3.05, 3.63) is 29.8 Å². The molecule has 0 spiro atoms. The number of hydrogen-bond acceptors (Lipinski definition) is 4. The predicted molar refractivity (Wildman–Crippen MR) is 73.7 cm³/mol. The highest BCUT2D eigenvalue weighted by Crippen LogP contribution is 2.44. The molecule has 2 atom stereocenters. The normalized spacial score (nSPS) is 19.6. The van der Waals surface area contributed by atoms with Gasteiger partial charge in [-0.1, -0.05) is 18.2 Å². The number of benzene rings is 1. The minimum absolute atomic E-state index is 0.00172. The van der Waals surface area contributed by atoms with Gasteiger partial charge in [0.2, 0.25) is 5.91 Å². The van der Waals surface area contributed by atoms with Crippen molar-refractivity contribution >= 4 is 11.9 Å². The largest absolute Gasteiger partial charge is 0.496 e. The number of alkyl halides is 3. The van der Waals surface area contributed by atoms with Crippen molar-refractivity contribution in [3.8, 4) is 5.75 Å². The first kappa shape index (κ1) is 17.1. The maximum atomic E-state index is 13.7. The molecule has 1 aliphatic rings. The van der Waals surface area contributed by atoms with E-state index in [9.17, 15) is 22.8 Å². The van der Waals surface area contributed by atoms with Gasteiger partial charge in [0.25, 0.3) is 0 Å². The average Bonchev–Trinajstić information content (AvgIpc) is 2.87. The molecule has 1 saturated heterocycles. The van der Waals surface area contributed by atoms with E-state index in [2.05, 4.69) is 4.74 Å². The van der Waals surface area contributed by atoms with Gasteiger partial charge in [0.15, 0.2) is 6.04 Å². The van der Waals surface area contributed by atoms with E-state index in [4.69, 9.17) is 4.74 Å². The molecular formula is C15H16F3NO4. The summed E-state index contributed by atoms with van der Waals surface area (Å²) in [6.07, 6.45) is -4.91. The number of hydrogen-bond donors (Lipinski definition) is 0. The van der Waals surface area contributed by atoms with E-state index in [-0.39, 0.29) is 24.2 Å². The van der Waals surface area contributed by atoms with Gasteiger partial charge in [0.1, 0.15) is 11.8 Å². The van der Waals surface area contributed by atoms with Crippen LogP contribution in [0.15, 0.2) is 24.3 Å². The number of methoxy groups -OCH3 is 2. The molecule has 8 heteroatoms. The van der Waals surface area contributed by atoms with Crippen molar-refractivity contribution < 1.29 is 32.2 Å². The van der Waals surface area contributed by atoms with E-state index in [1.54, 1.807) is 0 Å². The Hall–Kier alpha value is -2.25. The summed E-state index contributed by atoms with van der Waals surface area (Å²) in [5.41, 5.74) is -0.216. The second-order valence-corrected chi connectivity index (χ2v) is 5.06. The molecule has 1 aromatic rings. The van der Waals surface area contributed by atoms with Gasteiger partial charge in [-0.25, -0.2) is 4.79 Å². The number of esters is 1. The number of carbonyl (C=O) groups excluding carboxylic acids is 2. The molecule has 1 aromatic carbocycles. The van der Waals surface area contributed by atoms with E-state index in [0.717, 1.165) is 7.11 Å². The van der Waals surface area contributed by atoms with Gasteiger partial charge in [-0.05, 0) is 12.5 Å². The van der Waals surface area contributed by atoms with Crippen molar-refractivity contribution in [1.82, 2.24) is 4.90 Å². The van der Waals surface area contributed by atoms with Crippen LogP contribution < -0.4 is 4.74 Å². The van der Waals surface area contributed by atoms with E-state index >= 15 is 0 Å². The number of amides is 1. The molecule has 23 heavy (non-hydrogen) atoms. The number of carbonyl (C=O) groups is 2. The van der Waals surface area contributed by atoms with Crippen LogP contribution in [0.2, 0.25) is 0 Å². The summed E-state index contributed by atoms with van der Waals surface area (Å²) in [7, 11) is 2.32. The molecule has 2 unspecified atom stereocenters. The zero-order chi connectivity index (χ0) is 17.2. The molecule has 1 aliphatic heterocycles. The van der Waals surface area contributed by atoms with Gasteiger partial charge in [-0.15, -0.1) is 0 Å². The zero-order valence-corrected chi connectivity index (χ0v) is 12.6. The van der Waals surface area contributed by atoms with E-state index in [1.165, 1.54) is 31.4 Å². The minimum Gasteiger partial charge on any atom is -0.496 e. The van der Waals surface area contributed by atoms with Gasteiger partial charge < -0.3 is 14.4 Å². The van der Waals surface area contributed by atoms with Crippen molar-refractivity contribution in [2.75, 3.05) is 14.2 Å². The molecule has 0 aliphatic carbocycles. The van der Waals surface area contributed by atoms with Crippen LogP contribution in [0.5, 0.6) is 5.75 Å². The zero-order valence-electron chi connectivity index (χ0n) is 12.6. The summed E-state index contributed by atoms with van der Waals surface area (Å²) < 4.78 is 50.6. The summed E-state index contributed by atoms with van der Waals surface area (Å²) >= 11 is 0. The summed E-state index contributed by atoms with van der Waals surface area (Å²) in [5, 5.41) is 0. The highest BCUT2D eigenvalue weighted by atomic mass is 19.4. The Morgan fingerprint density at radius 3 is 2.52 bits per heavy atom. The van der Waals surface area contributed by atoms with Crippen molar-refractivity contribution in [2.45, 2.75) is 31.1 Å². The molecule has 1 amide bonds. The molecule has 1 heterocycles. The summed E-state index contributed by atoms with van der Waals surface area (Å²) in [6, 6.07) is 2.03. The van der Waals surface area contributed by atoms with Gasteiger partial charge in [0, 0.05) is 12.0 Å². The number of nitrogens with zero attached hydrogens (tertiary/aromatic N) is 1. The molecule has 0 aromatic heterocycles. The lowest BCUT2D eigenvalue weighted by molar-refractivity contribution is -0.196. The quantitative estimate of drug-likeness (QED) is 0.796. The van der Waals surface area contributed by atoms with Gasteiger partial charge in [-0.2, -0.15) is 13.2 Å². The molecule has 0 bridgehead atoms. The first-order valence-corrected chi connectivity index (χ1v) is 6.90. The highest BCUT2D eigenvalue weighted by Gasteiger charge is 2.53. The topological polar surface area (TPSA) is 55.8 Å².